The molecule has 2 atom stereocenters. The summed E-state index contributed by atoms with van der Waals surface area (Å²) in [5, 5.41) is 18.2. The van der Waals surface area contributed by atoms with Crippen LogP contribution in [0, 0.1) is 5.92 Å². The largest absolute Gasteiger partial charge is 0.480 e. The number of likely N-dealkylation sites (tertiary alicyclic amines) is 1. The fourth-order valence-corrected chi connectivity index (χ4v) is 1.98. The molecule has 2 aliphatic rings. The molecule has 0 bridgehead atoms. The number of carbonyl (C=O) groups is 2. The highest BCUT2D eigenvalue weighted by molar-refractivity contribution is 5.86. The van der Waals surface area contributed by atoms with Crippen LogP contribution < -0.4 is 0 Å². The molecule has 2 N–H and O–H groups in total. The monoisotopic (exact) mass is 199 g/mol. The van der Waals surface area contributed by atoms with Crippen molar-refractivity contribution in [3.05, 3.63) is 0 Å². The number of amides is 1. The molecule has 2 rings (SSSR count). The van der Waals surface area contributed by atoms with Crippen molar-refractivity contribution >= 4 is 11.9 Å². The zero-order valence-corrected chi connectivity index (χ0v) is 7.72. The Morgan fingerprint density at radius 1 is 1.50 bits per heavy atom. The van der Waals surface area contributed by atoms with Gasteiger partial charge in [0, 0.05) is 6.54 Å². The SMILES string of the molecule is O=C(O)C(C1CC1)N1CC(O)CC1=O. The van der Waals surface area contributed by atoms with Crippen LogP contribution in [0.2, 0.25) is 0 Å². The van der Waals surface area contributed by atoms with Crippen LogP contribution in [0.15, 0.2) is 0 Å². The van der Waals surface area contributed by atoms with E-state index in [1.165, 1.54) is 4.90 Å². The zero-order valence-electron chi connectivity index (χ0n) is 7.72. The molecule has 0 aromatic carbocycles. The lowest BCUT2D eigenvalue weighted by atomic mass is 10.1. The first-order valence-corrected chi connectivity index (χ1v) is 4.80. The number of carbonyl (C=O) groups excluding carboxylic acids is 1. The Labute approximate surface area is 81.3 Å². The lowest BCUT2D eigenvalue weighted by Gasteiger charge is -2.23. The Hall–Kier alpha value is -1.10. The van der Waals surface area contributed by atoms with Gasteiger partial charge in [-0.3, -0.25) is 4.79 Å². The molecule has 0 radical (unpaired) electrons. The summed E-state index contributed by atoms with van der Waals surface area (Å²) >= 11 is 0. The first-order chi connectivity index (χ1) is 6.59. The lowest BCUT2D eigenvalue weighted by molar-refractivity contribution is -0.149. The summed E-state index contributed by atoms with van der Waals surface area (Å²) in [6, 6.07) is -0.709. The fraction of sp³-hybridized carbons (Fsp3) is 0.778. The number of hydrogen-bond acceptors (Lipinski definition) is 3. The molecule has 5 heteroatoms. The van der Waals surface area contributed by atoms with Crippen molar-refractivity contribution in [3.8, 4) is 0 Å². The Kier molecular flexibility index (Phi) is 2.19. The van der Waals surface area contributed by atoms with Gasteiger partial charge < -0.3 is 15.1 Å². The van der Waals surface area contributed by atoms with E-state index in [0.717, 1.165) is 12.8 Å². The molecule has 0 spiro atoms. The summed E-state index contributed by atoms with van der Waals surface area (Å²) in [5.74, 6) is -1.09. The second kappa shape index (κ2) is 3.24. The van der Waals surface area contributed by atoms with Gasteiger partial charge in [0.05, 0.1) is 12.5 Å². The second-order valence-electron chi connectivity index (χ2n) is 4.02. The molecule has 1 aliphatic heterocycles. The predicted octanol–water partition coefficient (Wildman–Crippen LogP) is -0.557. The van der Waals surface area contributed by atoms with Gasteiger partial charge in [0.1, 0.15) is 6.04 Å². The van der Waals surface area contributed by atoms with Gasteiger partial charge in [-0.1, -0.05) is 0 Å². The third kappa shape index (κ3) is 1.59. The molecule has 1 aliphatic carbocycles. The number of rotatable bonds is 3. The van der Waals surface area contributed by atoms with Crippen LogP contribution >= 0.6 is 0 Å². The Morgan fingerprint density at radius 2 is 2.14 bits per heavy atom. The molecular formula is C9H13NO4. The molecule has 1 amide bonds. The molecule has 78 valence electrons. The maximum atomic E-state index is 11.4. The standard InChI is InChI=1S/C9H13NO4/c11-6-3-7(12)10(4-6)8(9(13)14)5-1-2-5/h5-6,8,11H,1-4H2,(H,13,14). The van der Waals surface area contributed by atoms with Crippen molar-refractivity contribution in [3.63, 3.8) is 0 Å². The molecular weight excluding hydrogens is 186 g/mol. The van der Waals surface area contributed by atoms with Gasteiger partial charge in [0.2, 0.25) is 5.91 Å². The van der Waals surface area contributed by atoms with E-state index in [4.69, 9.17) is 5.11 Å². The molecule has 0 aromatic heterocycles. The molecule has 5 nitrogen and oxygen atoms in total. The van der Waals surface area contributed by atoms with E-state index in [-0.39, 0.29) is 24.8 Å². The normalized spacial score (nSPS) is 29.4. The maximum absolute atomic E-state index is 11.4. The topological polar surface area (TPSA) is 77.8 Å². The summed E-state index contributed by atoms with van der Waals surface area (Å²) in [7, 11) is 0. The van der Waals surface area contributed by atoms with Crippen LogP contribution in [0.4, 0.5) is 0 Å². The van der Waals surface area contributed by atoms with E-state index < -0.39 is 18.1 Å². The van der Waals surface area contributed by atoms with Gasteiger partial charge >= 0.3 is 5.97 Å². The molecule has 1 saturated carbocycles. The van der Waals surface area contributed by atoms with Gasteiger partial charge in [0.15, 0.2) is 0 Å². The average Bonchev–Trinajstić information content (AvgIpc) is 2.81. The third-order valence-electron chi connectivity index (χ3n) is 2.80. The van der Waals surface area contributed by atoms with Gasteiger partial charge in [-0.25, -0.2) is 4.79 Å². The van der Waals surface area contributed by atoms with Crippen LogP contribution in [0.3, 0.4) is 0 Å². The number of aliphatic hydroxyl groups excluding tert-OH is 1. The van der Waals surface area contributed by atoms with Crippen LogP contribution in [0.1, 0.15) is 19.3 Å². The van der Waals surface area contributed by atoms with E-state index in [0.29, 0.717) is 0 Å². The van der Waals surface area contributed by atoms with E-state index >= 15 is 0 Å². The highest BCUT2D eigenvalue weighted by Gasteiger charge is 2.45. The van der Waals surface area contributed by atoms with Gasteiger partial charge in [0.25, 0.3) is 0 Å². The van der Waals surface area contributed by atoms with E-state index in [1.54, 1.807) is 0 Å². The molecule has 2 unspecified atom stereocenters. The van der Waals surface area contributed by atoms with Crippen LogP contribution in [-0.4, -0.2) is 45.7 Å². The Bertz CT molecular complexity index is 274. The second-order valence-corrected chi connectivity index (χ2v) is 4.02. The van der Waals surface area contributed by atoms with Gasteiger partial charge in [-0.15, -0.1) is 0 Å². The number of aliphatic carboxylic acids is 1. The summed E-state index contributed by atoms with van der Waals surface area (Å²) in [6.45, 7) is 0.173. The fourth-order valence-electron chi connectivity index (χ4n) is 1.98. The van der Waals surface area contributed by atoms with Crippen molar-refractivity contribution in [2.45, 2.75) is 31.4 Å². The molecule has 1 heterocycles. The number of nitrogens with zero attached hydrogens (tertiary/aromatic N) is 1. The highest BCUT2D eigenvalue weighted by atomic mass is 16.4. The Balaban J connectivity index is 2.10. The van der Waals surface area contributed by atoms with E-state index in [2.05, 4.69) is 0 Å². The lowest BCUT2D eigenvalue weighted by Crippen LogP contribution is -2.44. The number of aliphatic hydroxyl groups is 1. The first kappa shape index (κ1) is 9.45. The summed E-state index contributed by atoms with van der Waals surface area (Å²) in [5.41, 5.74) is 0. The van der Waals surface area contributed by atoms with Crippen molar-refractivity contribution in [1.29, 1.82) is 0 Å². The van der Waals surface area contributed by atoms with Gasteiger partial charge in [-0.05, 0) is 18.8 Å². The van der Waals surface area contributed by atoms with Crippen molar-refractivity contribution in [1.82, 2.24) is 4.90 Å². The Morgan fingerprint density at radius 3 is 2.50 bits per heavy atom. The van der Waals surface area contributed by atoms with Crippen molar-refractivity contribution in [2.24, 2.45) is 5.92 Å². The quantitative estimate of drug-likeness (QED) is 0.639. The van der Waals surface area contributed by atoms with Crippen LogP contribution in [0.5, 0.6) is 0 Å². The summed E-state index contributed by atoms with van der Waals surface area (Å²) in [4.78, 5) is 23.6. The predicted molar refractivity (Wildman–Crippen MR) is 46.5 cm³/mol. The average molecular weight is 199 g/mol. The molecule has 0 aromatic rings. The smallest absolute Gasteiger partial charge is 0.326 e. The number of hydrogen-bond donors (Lipinski definition) is 2. The molecule has 14 heavy (non-hydrogen) atoms. The highest BCUT2D eigenvalue weighted by Crippen LogP contribution is 2.36. The van der Waals surface area contributed by atoms with E-state index in [9.17, 15) is 14.7 Å². The van der Waals surface area contributed by atoms with Crippen LogP contribution in [-0.2, 0) is 9.59 Å². The zero-order chi connectivity index (χ0) is 10.3. The number of carboxylic acids is 1. The third-order valence-corrected chi connectivity index (χ3v) is 2.80. The molecule has 1 saturated heterocycles. The minimum absolute atomic E-state index is 0.0660. The summed E-state index contributed by atoms with van der Waals surface area (Å²) in [6.07, 6.45) is 1.12. The maximum Gasteiger partial charge on any atom is 0.326 e. The van der Waals surface area contributed by atoms with Crippen molar-refractivity contribution < 1.29 is 19.8 Å². The summed E-state index contributed by atoms with van der Waals surface area (Å²) < 4.78 is 0. The van der Waals surface area contributed by atoms with Gasteiger partial charge in [-0.2, -0.15) is 0 Å². The minimum Gasteiger partial charge on any atom is -0.480 e. The van der Waals surface area contributed by atoms with Crippen LogP contribution in [0.25, 0.3) is 0 Å². The first-order valence-electron chi connectivity index (χ1n) is 4.80. The molecule has 2 fully saturated rings. The van der Waals surface area contributed by atoms with Crippen molar-refractivity contribution in [2.75, 3.05) is 6.54 Å². The number of carboxylic acid groups (broad SMARTS) is 1. The number of β-amino-alcohol motifs (C(OH)–C–C–N with tert-alkyl or cyclic N) is 1. The minimum atomic E-state index is -0.949. The van der Waals surface area contributed by atoms with E-state index in [1.807, 2.05) is 0 Å².